The molecule has 3 aromatic carbocycles. The van der Waals surface area contributed by atoms with Gasteiger partial charge in [0.1, 0.15) is 12.6 Å². The van der Waals surface area contributed by atoms with Crippen molar-refractivity contribution in [1.29, 1.82) is 0 Å². The van der Waals surface area contributed by atoms with Crippen LogP contribution in [-0.4, -0.2) is 43.3 Å². The van der Waals surface area contributed by atoms with E-state index in [0.717, 1.165) is 17.0 Å². The maximum absolute atomic E-state index is 13.9. The largest absolute Gasteiger partial charge is 0.417 e. The lowest BCUT2D eigenvalue weighted by atomic mass is 10.1. The van der Waals surface area contributed by atoms with E-state index in [2.05, 4.69) is 5.32 Å². The monoisotopic (exact) mass is 643 g/mol. The Balaban J connectivity index is 2.13. The molecule has 3 aromatic rings. The molecule has 1 N–H and O–H groups in total. The minimum Gasteiger partial charge on any atom is -0.350 e. The molecule has 13 heteroatoms. The Morgan fingerprint density at radius 2 is 1.50 bits per heavy atom. The van der Waals surface area contributed by atoms with Crippen molar-refractivity contribution in [3.8, 4) is 0 Å². The van der Waals surface area contributed by atoms with Gasteiger partial charge in [-0.1, -0.05) is 59.6 Å². The third kappa shape index (κ3) is 8.17. The summed E-state index contributed by atoms with van der Waals surface area (Å²) in [5, 5.41) is 2.46. The summed E-state index contributed by atoms with van der Waals surface area (Å²) in [6, 6.07) is 15.0. The van der Waals surface area contributed by atoms with Crippen LogP contribution in [0, 0.1) is 0 Å². The van der Waals surface area contributed by atoms with E-state index in [-0.39, 0.29) is 11.4 Å². The number of halogens is 5. The van der Waals surface area contributed by atoms with Crippen molar-refractivity contribution in [3.05, 3.63) is 94.0 Å². The summed E-state index contributed by atoms with van der Waals surface area (Å²) in [5.74, 6) is -1.37. The lowest BCUT2D eigenvalue weighted by Gasteiger charge is -2.33. The van der Waals surface area contributed by atoms with Crippen molar-refractivity contribution in [2.75, 3.05) is 10.8 Å². The van der Waals surface area contributed by atoms with E-state index in [1.807, 2.05) is 0 Å². The molecule has 0 unspecified atom stereocenters. The molecule has 7 nitrogen and oxygen atoms in total. The Hall–Kier alpha value is -3.28. The number of hydrogen-bond acceptors (Lipinski definition) is 4. The Morgan fingerprint density at radius 3 is 2.07 bits per heavy atom. The molecule has 0 bridgehead atoms. The molecule has 0 spiro atoms. The molecule has 42 heavy (non-hydrogen) atoms. The summed E-state index contributed by atoms with van der Waals surface area (Å²) in [4.78, 5) is 27.9. The molecular weight excluding hydrogens is 614 g/mol. The summed E-state index contributed by atoms with van der Waals surface area (Å²) >= 11 is 12.1. The highest BCUT2D eigenvalue weighted by atomic mass is 35.5. The van der Waals surface area contributed by atoms with Gasteiger partial charge in [0.25, 0.3) is 10.0 Å². The van der Waals surface area contributed by atoms with E-state index in [4.69, 9.17) is 23.2 Å². The van der Waals surface area contributed by atoms with E-state index in [1.165, 1.54) is 31.2 Å². The molecule has 3 rings (SSSR count). The van der Waals surface area contributed by atoms with E-state index < -0.39 is 62.4 Å². The summed E-state index contributed by atoms with van der Waals surface area (Å²) in [5.41, 5.74) is -1.88. The molecule has 0 aliphatic rings. The van der Waals surface area contributed by atoms with Gasteiger partial charge in [-0.25, -0.2) is 8.42 Å². The highest BCUT2D eigenvalue weighted by molar-refractivity contribution is 7.92. The second-order valence-corrected chi connectivity index (χ2v) is 13.2. The Kier molecular flexibility index (Phi) is 10.2. The van der Waals surface area contributed by atoms with Crippen molar-refractivity contribution >= 4 is 50.7 Å². The van der Waals surface area contributed by atoms with Gasteiger partial charge in [0.2, 0.25) is 11.8 Å². The number of carbonyl (C=O) groups is 2. The lowest BCUT2D eigenvalue weighted by Crippen LogP contribution is -2.54. The van der Waals surface area contributed by atoms with E-state index >= 15 is 0 Å². The molecule has 0 aromatic heterocycles. The number of anilines is 1. The number of carbonyl (C=O) groups excluding carboxylic acids is 2. The average molecular weight is 645 g/mol. The molecule has 1 atom stereocenters. The summed E-state index contributed by atoms with van der Waals surface area (Å²) in [6.07, 6.45) is -4.89. The molecular formula is C29H30Cl2F3N3O4S. The first-order valence-electron chi connectivity index (χ1n) is 12.7. The Labute approximate surface area is 253 Å². The number of hydrogen-bond donors (Lipinski definition) is 1. The fourth-order valence-corrected chi connectivity index (χ4v) is 5.85. The average Bonchev–Trinajstić information content (AvgIpc) is 2.90. The highest BCUT2D eigenvalue weighted by Gasteiger charge is 2.37. The van der Waals surface area contributed by atoms with Gasteiger partial charge < -0.3 is 10.2 Å². The number of amides is 2. The van der Waals surface area contributed by atoms with Crippen LogP contribution < -0.4 is 9.62 Å². The van der Waals surface area contributed by atoms with Crippen LogP contribution in [0.2, 0.25) is 10.0 Å². The van der Waals surface area contributed by atoms with Crippen molar-refractivity contribution < 1.29 is 31.2 Å². The first-order valence-corrected chi connectivity index (χ1v) is 14.9. The molecule has 2 amide bonds. The quantitative estimate of drug-likeness (QED) is 0.287. The predicted octanol–water partition coefficient (Wildman–Crippen LogP) is 6.54. The smallest absolute Gasteiger partial charge is 0.350 e. The van der Waals surface area contributed by atoms with Gasteiger partial charge in [0.15, 0.2) is 0 Å². The van der Waals surface area contributed by atoms with Crippen LogP contribution in [0.5, 0.6) is 0 Å². The van der Waals surface area contributed by atoms with E-state index in [9.17, 15) is 31.2 Å². The molecule has 0 fully saturated rings. The van der Waals surface area contributed by atoms with Crippen LogP contribution in [0.1, 0.15) is 38.8 Å². The van der Waals surface area contributed by atoms with Gasteiger partial charge in [-0.2, -0.15) is 13.2 Å². The first kappa shape index (κ1) is 33.2. The van der Waals surface area contributed by atoms with Gasteiger partial charge in [0.05, 0.1) is 21.2 Å². The molecule has 226 valence electrons. The third-order valence-electron chi connectivity index (χ3n) is 6.12. The third-order valence-corrected chi connectivity index (χ3v) is 8.60. The first-order chi connectivity index (χ1) is 19.4. The number of nitrogens with zero attached hydrogens (tertiary/aromatic N) is 2. The van der Waals surface area contributed by atoms with Crippen LogP contribution in [0.25, 0.3) is 0 Å². The number of nitrogens with one attached hydrogen (secondary N) is 1. The van der Waals surface area contributed by atoms with Crippen molar-refractivity contribution in [2.24, 2.45) is 0 Å². The number of sulfonamides is 1. The fourth-order valence-electron chi connectivity index (χ4n) is 4.00. The van der Waals surface area contributed by atoms with Crippen LogP contribution in [-0.2, 0) is 32.3 Å². The van der Waals surface area contributed by atoms with Gasteiger partial charge in [-0.3, -0.25) is 13.9 Å². The summed E-state index contributed by atoms with van der Waals surface area (Å²) in [6.45, 7) is 5.63. The Bertz CT molecular complexity index is 1550. The van der Waals surface area contributed by atoms with Crippen molar-refractivity contribution in [3.63, 3.8) is 0 Å². The molecule has 0 saturated heterocycles. The number of alkyl halides is 3. The zero-order valence-corrected chi connectivity index (χ0v) is 25.6. The normalized spacial score (nSPS) is 12.9. The van der Waals surface area contributed by atoms with Gasteiger partial charge in [-0.15, -0.1) is 0 Å². The second kappa shape index (κ2) is 12.9. The second-order valence-electron chi connectivity index (χ2n) is 10.5. The molecule has 0 aliphatic heterocycles. The highest BCUT2D eigenvalue weighted by Crippen LogP contribution is 2.38. The van der Waals surface area contributed by atoms with Crippen LogP contribution >= 0.6 is 23.2 Å². The van der Waals surface area contributed by atoms with Gasteiger partial charge in [-0.05, 0) is 69.7 Å². The van der Waals surface area contributed by atoms with E-state index in [0.29, 0.717) is 21.0 Å². The zero-order valence-electron chi connectivity index (χ0n) is 23.2. The maximum Gasteiger partial charge on any atom is 0.417 e. The molecule has 0 radical (unpaired) electrons. The van der Waals surface area contributed by atoms with Crippen molar-refractivity contribution in [2.45, 2.75) is 56.9 Å². The number of rotatable bonds is 9. The standard InChI is InChI=1S/C29H30Cl2F3N3O4S/c1-19(27(39)35-28(2,3)4)36(17-20-10-8-9-13-24(20)30)26(38)18-37(42(40,41)22-11-6-5-7-12-22)21-14-15-25(31)23(16-21)29(32,33)34/h5-16,19H,17-18H2,1-4H3,(H,35,39)/t19-/m1/s1. The van der Waals surface area contributed by atoms with Crippen molar-refractivity contribution in [1.82, 2.24) is 10.2 Å². The Morgan fingerprint density at radius 1 is 0.905 bits per heavy atom. The summed E-state index contributed by atoms with van der Waals surface area (Å²) in [7, 11) is -4.56. The fraction of sp³-hybridized carbons (Fsp3) is 0.310. The predicted molar refractivity (Wildman–Crippen MR) is 157 cm³/mol. The van der Waals surface area contributed by atoms with Crippen LogP contribution in [0.3, 0.4) is 0 Å². The molecule has 0 heterocycles. The van der Waals surface area contributed by atoms with Crippen LogP contribution in [0.4, 0.5) is 18.9 Å². The van der Waals surface area contributed by atoms with Gasteiger partial charge >= 0.3 is 6.18 Å². The minimum absolute atomic E-state index is 0.176. The zero-order chi connectivity index (χ0) is 31.5. The topological polar surface area (TPSA) is 86.8 Å². The lowest BCUT2D eigenvalue weighted by molar-refractivity contribution is -0.140. The summed E-state index contributed by atoms with van der Waals surface area (Å²) < 4.78 is 69.3. The molecule has 0 aliphatic carbocycles. The SMILES string of the molecule is C[C@H](C(=O)NC(C)(C)C)N(Cc1ccccc1Cl)C(=O)CN(c1ccc(Cl)c(C(F)(F)F)c1)S(=O)(=O)c1ccccc1. The van der Waals surface area contributed by atoms with Crippen LogP contribution in [0.15, 0.2) is 77.7 Å². The molecule has 0 saturated carbocycles. The maximum atomic E-state index is 13.9. The minimum atomic E-state index is -4.89. The number of benzene rings is 3. The van der Waals surface area contributed by atoms with Gasteiger partial charge in [0, 0.05) is 17.1 Å². The van der Waals surface area contributed by atoms with E-state index in [1.54, 1.807) is 51.1 Å².